The van der Waals surface area contributed by atoms with E-state index in [0.29, 0.717) is 6.54 Å². The maximum absolute atomic E-state index is 12.4. The number of ether oxygens (including phenoxy) is 2. The molecule has 0 spiro atoms. The molecule has 1 heterocycles. The largest absolute Gasteiger partial charge is 0.497 e. The van der Waals surface area contributed by atoms with Crippen molar-refractivity contribution in [3.8, 4) is 11.5 Å². The maximum Gasteiger partial charge on any atom is 0.279 e. The van der Waals surface area contributed by atoms with E-state index in [2.05, 4.69) is 5.32 Å². The van der Waals surface area contributed by atoms with Gasteiger partial charge in [0.2, 0.25) is 0 Å². The lowest BCUT2D eigenvalue weighted by Crippen LogP contribution is -3.11. The molecule has 2 aromatic rings. The molecule has 3 rings (SSSR count). The van der Waals surface area contributed by atoms with Crippen LogP contribution in [0.15, 0.2) is 48.5 Å². The van der Waals surface area contributed by atoms with Crippen LogP contribution >= 0.6 is 0 Å². The molecule has 2 atom stereocenters. The van der Waals surface area contributed by atoms with Gasteiger partial charge in [0.05, 0.1) is 26.3 Å². The van der Waals surface area contributed by atoms with Gasteiger partial charge in [0, 0.05) is 18.5 Å². The van der Waals surface area contributed by atoms with E-state index in [1.165, 1.54) is 4.90 Å². The Balaban J connectivity index is 1.73. The van der Waals surface area contributed by atoms with Crippen LogP contribution in [0.1, 0.15) is 24.4 Å². The van der Waals surface area contributed by atoms with Crippen molar-refractivity contribution in [3.63, 3.8) is 0 Å². The number of carbonyl (C=O) groups is 1. The average molecular weight is 341 g/mol. The van der Waals surface area contributed by atoms with Crippen LogP contribution < -0.4 is 19.7 Å². The van der Waals surface area contributed by atoms with Crippen LogP contribution in [0.4, 0.5) is 5.69 Å². The zero-order chi connectivity index (χ0) is 17.6. The van der Waals surface area contributed by atoms with Crippen LogP contribution in [-0.2, 0) is 4.79 Å². The molecular weight excluding hydrogens is 316 g/mol. The molecule has 1 aliphatic heterocycles. The van der Waals surface area contributed by atoms with Gasteiger partial charge in [0.1, 0.15) is 17.5 Å². The van der Waals surface area contributed by atoms with Crippen LogP contribution in [0, 0.1) is 0 Å². The van der Waals surface area contributed by atoms with Gasteiger partial charge >= 0.3 is 0 Å². The zero-order valence-corrected chi connectivity index (χ0v) is 14.7. The first kappa shape index (κ1) is 17.3. The van der Waals surface area contributed by atoms with E-state index in [9.17, 15) is 4.79 Å². The molecule has 5 nitrogen and oxygen atoms in total. The van der Waals surface area contributed by atoms with Gasteiger partial charge in [-0.15, -0.1) is 0 Å². The minimum absolute atomic E-state index is 0.0370. The first-order chi connectivity index (χ1) is 12.2. The zero-order valence-electron chi connectivity index (χ0n) is 14.7. The molecule has 0 aromatic heterocycles. The SMILES string of the molecule is COc1ccc(OC)c([C@H]2CCC[NH+]2CC(=O)Nc2ccccc2)c1. The second kappa shape index (κ2) is 8.03. The highest BCUT2D eigenvalue weighted by Crippen LogP contribution is 2.31. The van der Waals surface area contributed by atoms with Gasteiger partial charge in [0.25, 0.3) is 5.91 Å². The van der Waals surface area contributed by atoms with Crippen LogP contribution in [0.25, 0.3) is 0 Å². The number of likely N-dealkylation sites (tertiary alicyclic amines) is 1. The van der Waals surface area contributed by atoms with Crippen molar-refractivity contribution in [1.82, 2.24) is 0 Å². The van der Waals surface area contributed by atoms with Crippen molar-refractivity contribution >= 4 is 11.6 Å². The summed E-state index contributed by atoms with van der Waals surface area (Å²) in [5.74, 6) is 1.71. The monoisotopic (exact) mass is 341 g/mol. The van der Waals surface area contributed by atoms with E-state index in [0.717, 1.165) is 42.1 Å². The fourth-order valence-electron chi connectivity index (χ4n) is 3.54. The molecular formula is C20H25N2O3+. The lowest BCUT2D eigenvalue weighted by atomic mass is 10.0. The van der Waals surface area contributed by atoms with E-state index in [4.69, 9.17) is 9.47 Å². The Hall–Kier alpha value is -2.53. The highest BCUT2D eigenvalue weighted by molar-refractivity contribution is 5.91. The number of rotatable bonds is 6. The van der Waals surface area contributed by atoms with Gasteiger partial charge in [-0.2, -0.15) is 0 Å². The molecule has 5 heteroatoms. The molecule has 2 N–H and O–H groups in total. The molecule has 2 aromatic carbocycles. The molecule has 0 saturated carbocycles. The van der Waals surface area contributed by atoms with E-state index in [1.807, 2.05) is 48.5 Å². The van der Waals surface area contributed by atoms with E-state index in [-0.39, 0.29) is 11.9 Å². The van der Waals surface area contributed by atoms with Crippen molar-refractivity contribution in [2.45, 2.75) is 18.9 Å². The minimum atomic E-state index is 0.0370. The quantitative estimate of drug-likeness (QED) is 0.846. The highest BCUT2D eigenvalue weighted by atomic mass is 16.5. The fourth-order valence-corrected chi connectivity index (χ4v) is 3.54. The van der Waals surface area contributed by atoms with Gasteiger partial charge < -0.3 is 19.7 Å². The number of hydrogen-bond donors (Lipinski definition) is 2. The summed E-state index contributed by atoms with van der Waals surface area (Å²) in [6.45, 7) is 1.42. The Labute approximate surface area is 148 Å². The van der Waals surface area contributed by atoms with Crippen LogP contribution in [0.2, 0.25) is 0 Å². The molecule has 0 aliphatic carbocycles. The van der Waals surface area contributed by atoms with Crippen molar-refractivity contribution in [2.75, 3.05) is 32.6 Å². The molecule has 1 aliphatic rings. The van der Waals surface area contributed by atoms with Crippen molar-refractivity contribution in [1.29, 1.82) is 0 Å². The number of carbonyl (C=O) groups excluding carboxylic acids is 1. The molecule has 1 saturated heterocycles. The van der Waals surface area contributed by atoms with Gasteiger partial charge in [0.15, 0.2) is 6.54 Å². The first-order valence-corrected chi connectivity index (χ1v) is 8.62. The maximum atomic E-state index is 12.4. The number of nitrogens with one attached hydrogen (secondary N) is 2. The Morgan fingerprint density at radius 3 is 2.68 bits per heavy atom. The summed E-state index contributed by atoms with van der Waals surface area (Å²) >= 11 is 0. The molecule has 1 fully saturated rings. The minimum Gasteiger partial charge on any atom is -0.497 e. The molecule has 1 amide bonds. The lowest BCUT2D eigenvalue weighted by Gasteiger charge is -2.23. The van der Waals surface area contributed by atoms with Gasteiger partial charge in [-0.05, 0) is 30.3 Å². The number of methoxy groups -OCH3 is 2. The van der Waals surface area contributed by atoms with Gasteiger partial charge in [-0.1, -0.05) is 18.2 Å². The Morgan fingerprint density at radius 1 is 1.16 bits per heavy atom. The third kappa shape index (κ3) is 4.12. The molecule has 0 bridgehead atoms. The van der Waals surface area contributed by atoms with Crippen molar-refractivity contribution in [3.05, 3.63) is 54.1 Å². The standard InChI is InChI=1S/C20H24N2O3/c1-24-16-10-11-19(25-2)17(13-16)18-9-6-12-22(18)14-20(23)21-15-7-4-3-5-8-15/h3-5,7-8,10-11,13,18H,6,9,12,14H2,1-2H3,(H,21,23)/p+1/t18-/m1/s1. The number of quaternary nitrogens is 1. The fraction of sp³-hybridized carbons (Fsp3) is 0.350. The topological polar surface area (TPSA) is 52.0 Å². The van der Waals surface area contributed by atoms with Crippen molar-refractivity contribution in [2.24, 2.45) is 0 Å². The third-order valence-corrected chi connectivity index (χ3v) is 4.74. The Morgan fingerprint density at radius 2 is 1.96 bits per heavy atom. The number of amides is 1. The number of para-hydroxylation sites is 1. The predicted octanol–water partition coefficient (Wildman–Crippen LogP) is 2.06. The molecule has 0 radical (unpaired) electrons. The number of benzene rings is 2. The number of hydrogen-bond acceptors (Lipinski definition) is 3. The van der Waals surface area contributed by atoms with E-state index < -0.39 is 0 Å². The van der Waals surface area contributed by atoms with E-state index in [1.54, 1.807) is 14.2 Å². The summed E-state index contributed by atoms with van der Waals surface area (Å²) < 4.78 is 10.9. The normalized spacial score (nSPS) is 19.4. The number of anilines is 1. The summed E-state index contributed by atoms with van der Waals surface area (Å²) in [5, 5.41) is 2.98. The summed E-state index contributed by atoms with van der Waals surface area (Å²) in [6, 6.07) is 15.7. The van der Waals surface area contributed by atoms with Gasteiger partial charge in [-0.3, -0.25) is 4.79 Å². The molecule has 132 valence electrons. The summed E-state index contributed by atoms with van der Waals surface area (Å²) in [6.07, 6.45) is 2.14. The highest BCUT2D eigenvalue weighted by Gasteiger charge is 2.33. The van der Waals surface area contributed by atoms with Crippen LogP contribution in [0.3, 0.4) is 0 Å². The third-order valence-electron chi connectivity index (χ3n) is 4.74. The molecule has 25 heavy (non-hydrogen) atoms. The van der Waals surface area contributed by atoms with Crippen LogP contribution in [-0.4, -0.2) is 33.2 Å². The lowest BCUT2D eigenvalue weighted by molar-refractivity contribution is -0.910. The van der Waals surface area contributed by atoms with Gasteiger partial charge in [-0.25, -0.2) is 0 Å². The summed E-state index contributed by atoms with van der Waals surface area (Å²) in [4.78, 5) is 13.7. The Kier molecular flexibility index (Phi) is 5.56. The second-order valence-corrected chi connectivity index (χ2v) is 6.30. The summed E-state index contributed by atoms with van der Waals surface area (Å²) in [5.41, 5.74) is 1.95. The first-order valence-electron chi connectivity index (χ1n) is 8.62. The van der Waals surface area contributed by atoms with Crippen molar-refractivity contribution < 1.29 is 19.2 Å². The predicted molar refractivity (Wildman–Crippen MR) is 97.3 cm³/mol. The average Bonchev–Trinajstić information content (AvgIpc) is 3.09. The Bertz CT molecular complexity index is 718. The molecule has 1 unspecified atom stereocenters. The second-order valence-electron chi connectivity index (χ2n) is 6.30. The van der Waals surface area contributed by atoms with E-state index >= 15 is 0 Å². The van der Waals surface area contributed by atoms with Crippen LogP contribution in [0.5, 0.6) is 11.5 Å². The summed E-state index contributed by atoms with van der Waals surface area (Å²) in [7, 11) is 3.35. The smallest absolute Gasteiger partial charge is 0.279 e.